The first-order valence-electron chi connectivity index (χ1n) is 6.35. The second-order valence-electron chi connectivity index (χ2n) is 5.88. The SMILES string of the molecule is CC(C)N1C(=O)CC(C)(C)c2cc([N+](=O)[O-])ccc21. The maximum absolute atomic E-state index is 12.2. The van der Waals surface area contributed by atoms with Crippen LogP contribution in [-0.2, 0) is 10.2 Å². The quantitative estimate of drug-likeness (QED) is 0.608. The molecule has 0 aliphatic carbocycles. The number of nitro groups is 1. The van der Waals surface area contributed by atoms with Crippen LogP contribution < -0.4 is 4.90 Å². The van der Waals surface area contributed by atoms with Gasteiger partial charge in [0, 0.05) is 35.7 Å². The van der Waals surface area contributed by atoms with Gasteiger partial charge in [0.1, 0.15) is 0 Å². The molecule has 0 saturated carbocycles. The molecule has 1 aromatic carbocycles. The number of carbonyl (C=O) groups is 1. The molecule has 1 aliphatic rings. The minimum Gasteiger partial charge on any atom is -0.310 e. The molecule has 0 unspecified atom stereocenters. The van der Waals surface area contributed by atoms with Crippen LogP contribution in [0.1, 0.15) is 39.7 Å². The number of hydrogen-bond donors (Lipinski definition) is 0. The highest BCUT2D eigenvalue weighted by Crippen LogP contribution is 2.42. The van der Waals surface area contributed by atoms with Gasteiger partial charge in [0.15, 0.2) is 0 Å². The number of rotatable bonds is 2. The summed E-state index contributed by atoms with van der Waals surface area (Å²) in [5, 5.41) is 10.9. The van der Waals surface area contributed by atoms with E-state index in [0.717, 1.165) is 11.3 Å². The molecular formula is C14H18N2O3. The Balaban J connectivity index is 2.64. The lowest BCUT2D eigenvalue weighted by molar-refractivity contribution is -0.385. The van der Waals surface area contributed by atoms with Crippen molar-refractivity contribution in [3.63, 3.8) is 0 Å². The van der Waals surface area contributed by atoms with E-state index in [4.69, 9.17) is 0 Å². The predicted octanol–water partition coefficient (Wildman–Crippen LogP) is 3.02. The standard InChI is InChI=1S/C14H18N2O3/c1-9(2)15-12-6-5-10(16(18)19)7-11(12)14(3,4)8-13(15)17/h5-7,9H,8H2,1-4H3. The van der Waals surface area contributed by atoms with Crippen LogP contribution in [0.2, 0.25) is 0 Å². The molecule has 5 heteroatoms. The first-order chi connectivity index (χ1) is 8.74. The fraction of sp³-hybridized carbons (Fsp3) is 0.500. The Bertz CT molecular complexity index is 550. The van der Waals surface area contributed by atoms with Crippen molar-refractivity contribution in [1.29, 1.82) is 0 Å². The molecule has 0 fully saturated rings. The molecule has 102 valence electrons. The van der Waals surface area contributed by atoms with Gasteiger partial charge in [-0.3, -0.25) is 14.9 Å². The summed E-state index contributed by atoms with van der Waals surface area (Å²) in [5.41, 5.74) is 1.37. The Hall–Kier alpha value is -1.91. The second-order valence-corrected chi connectivity index (χ2v) is 5.88. The summed E-state index contributed by atoms with van der Waals surface area (Å²) in [5.74, 6) is 0.0707. The minimum atomic E-state index is -0.396. The van der Waals surface area contributed by atoms with Crippen LogP contribution in [-0.4, -0.2) is 16.9 Å². The number of amides is 1. The molecule has 0 saturated heterocycles. The molecule has 1 aromatic rings. The summed E-state index contributed by atoms with van der Waals surface area (Å²) in [7, 11) is 0. The fourth-order valence-corrected chi connectivity index (χ4v) is 2.65. The summed E-state index contributed by atoms with van der Waals surface area (Å²) >= 11 is 0. The lowest BCUT2D eigenvalue weighted by Gasteiger charge is -2.40. The van der Waals surface area contributed by atoms with E-state index in [1.54, 1.807) is 17.0 Å². The zero-order chi connectivity index (χ0) is 14.4. The minimum absolute atomic E-state index is 0.0452. The summed E-state index contributed by atoms with van der Waals surface area (Å²) in [4.78, 5) is 24.5. The smallest absolute Gasteiger partial charge is 0.269 e. The number of non-ortho nitro benzene ring substituents is 1. The lowest BCUT2D eigenvalue weighted by Crippen LogP contribution is -2.45. The first kappa shape index (κ1) is 13.5. The van der Waals surface area contributed by atoms with Crippen LogP contribution in [0.5, 0.6) is 0 Å². The average molecular weight is 262 g/mol. The van der Waals surface area contributed by atoms with Gasteiger partial charge >= 0.3 is 0 Å². The number of anilines is 1. The van der Waals surface area contributed by atoms with E-state index in [-0.39, 0.29) is 23.1 Å². The third-order valence-corrected chi connectivity index (χ3v) is 3.56. The van der Waals surface area contributed by atoms with E-state index in [0.29, 0.717) is 6.42 Å². The summed E-state index contributed by atoms with van der Waals surface area (Å²) in [6, 6.07) is 4.79. The molecule has 5 nitrogen and oxygen atoms in total. The molecule has 0 N–H and O–H groups in total. The molecule has 1 aliphatic heterocycles. The highest BCUT2D eigenvalue weighted by atomic mass is 16.6. The van der Waals surface area contributed by atoms with Gasteiger partial charge < -0.3 is 4.90 Å². The van der Waals surface area contributed by atoms with Gasteiger partial charge in [-0.2, -0.15) is 0 Å². The monoisotopic (exact) mass is 262 g/mol. The Kier molecular flexibility index (Phi) is 3.08. The number of hydrogen-bond acceptors (Lipinski definition) is 3. The van der Waals surface area contributed by atoms with Crippen LogP contribution >= 0.6 is 0 Å². The Morgan fingerprint density at radius 3 is 2.53 bits per heavy atom. The summed E-state index contributed by atoms with van der Waals surface area (Å²) in [6.45, 7) is 7.79. The van der Waals surface area contributed by atoms with Crippen LogP contribution in [0.15, 0.2) is 18.2 Å². The zero-order valence-electron chi connectivity index (χ0n) is 11.6. The van der Waals surface area contributed by atoms with Crippen molar-refractivity contribution in [1.82, 2.24) is 0 Å². The van der Waals surface area contributed by atoms with Gasteiger partial charge in [-0.1, -0.05) is 13.8 Å². The first-order valence-corrected chi connectivity index (χ1v) is 6.35. The van der Waals surface area contributed by atoms with Crippen LogP contribution in [0.4, 0.5) is 11.4 Å². The van der Waals surface area contributed by atoms with Crippen molar-refractivity contribution in [2.24, 2.45) is 0 Å². The van der Waals surface area contributed by atoms with E-state index in [1.807, 2.05) is 27.7 Å². The number of benzene rings is 1. The maximum atomic E-state index is 12.2. The van der Waals surface area contributed by atoms with Crippen molar-refractivity contribution < 1.29 is 9.72 Å². The van der Waals surface area contributed by atoms with Gasteiger partial charge in [0.25, 0.3) is 5.69 Å². The molecule has 0 radical (unpaired) electrons. The highest BCUT2D eigenvalue weighted by Gasteiger charge is 2.38. The van der Waals surface area contributed by atoms with Crippen LogP contribution in [0.3, 0.4) is 0 Å². The van der Waals surface area contributed by atoms with E-state index in [2.05, 4.69) is 0 Å². The normalized spacial score (nSPS) is 17.5. The maximum Gasteiger partial charge on any atom is 0.269 e. The van der Waals surface area contributed by atoms with Gasteiger partial charge in [0.05, 0.1) is 4.92 Å². The fourth-order valence-electron chi connectivity index (χ4n) is 2.65. The molecule has 19 heavy (non-hydrogen) atoms. The van der Waals surface area contributed by atoms with E-state index in [9.17, 15) is 14.9 Å². The van der Waals surface area contributed by atoms with Crippen LogP contribution in [0.25, 0.3) is 0 Å². The van der Waals surface area contributed by atoms with Crippen molar-refractivity contribution in [2.75, 3.05) is 4.90 Å². The van der Waals surface area contributed by atoms with Crippen molar-refractivity contribution in [3.05, 3.63) is 33.9 Å². The third-order valence-electron chi connectivity index (χ3n) is 3.56. The molecule has 0 atom stereocenters. The van der Waals surface area contributed by atoms with Crippen LogP contribution in [0, 0.1) is 10.1 Å². The number of fused-ring (bicyclic) bond motifs is 1. The highest BCUT2D eigenvalue weighted by molar-refractivity contribution is 5.98. The molecule has 2 rings (SSSR count). The summed E-state index contributed by atoms with van der Waals surface area (Å²) in [6.07, 6.45) is 0.374. The van der Waals surface area contributed by atoms with Gasteiger partial charge in [-0.25, -0.2) is 0 Å². The summed E-state index contributed by atoms with van der Waals surface area (Å²) < 4.78 is 0. The number of carbonyl (C=O) groups excluding carboxylic acids is 1. The van der Waals surface area contributed by atoms with Crippen molar-refractivity contribution in [3.8, 4) is 0 Å². The predicted molar refractivity (Wildman–Crippen MR) is 73.4 cm³/mol. The largest absolute Gasteiger partial charge is 0.310 e. The average Bonchev–Trinajstić information content (AvgIpc) is 2.26. The molecule has 1 heterocycles. The Morgan fingerprint density at radius 2 is 2.00 bits per heavy atom. The van der Waals surface area contributed by atoms with Crippen molar-refractivity contribution >= 4 is 17.3 Å². The van der Waals surface area contributed by atoms with Gasteiger partial charge in [-0.05, 0) is 25.5 Å². The lowest BCUT2D eigenvalue weighted by atomic mass is 9.77. The molecular weight excluding hydrogens is 244 g/mol. The number of nitro benzene ring substituents is 1. The van der Waals surface area contributed by atoms with Crippen molar-refractivity contribution in [2.45, 2.75) is 45.6 Å². The van der Waals surface area contributed by atoms with E-state index < -0.39 is 4.92 Å². The zero-order valence-corrected chi connectivity index (χ0v) is 11.6. The topological polar surface area (TPSA) is 63.5 Å². The van der Waals surface area contributed by atoms with Gasteiger partial charge in [0.2, 0.25) is 5.91 Å². The molecule has 0 spiro atoms. The Morgan fingerprint density at radius 1 is 1.37 bits per heavy atom. The molecule has 1 amide bonds. The molecule has 0 aromatic heterocycles. The van der Waals surface area contributed by atoms with E-state index in [1.165, 1.54) is 6.07 Å². The second kappa shape index (κ2) is 4.33. The Labute approximate surface area is 112 Å². The molecule has 0 bridgehead atoms. The van der Waals surface area contributed by atoms with E-state index >= 15 is 0 Å². The third kappa shape index (κ3) is 2.20. The van der Waals surface area contributed by atoms with Gasteiger partial charge in [-0.15, -0.1) is 0 Å². The number of nitrogens with zero attached hydrogens (tertiary/aromatic N) is 2.